The van der Waals surface area contributed by atoms with Gasteiger partial charge in [0.15, 0.2) is 0 Å². The van der Waals surface area contributed by atoms with Gasteiger partial charge in [-0.25, -0.2) is 0 Å². The highest BCUT2D eigenvalue weighted by atomic mass is 35.5. The van der Waals surface area contributed by atoms with Gasteiger partial charge in [0.2, 0.25) is 0 Å². The molecule has 0 spiro atoms. The Morgan fingerprint density at radius 3 is 2.56 bits per heavy atom. The standard InChI is InChI=1S/C12H18ClNO2/c1-3-12(16,4-2)11(15)7-9-5-6-14-8-10(9)13/h5-6,8,11,15-16H,3-4,7H2,1-2H3. The van der Waals surface area contributed by atoms with Gasteiger partial charge in [-0.3, -0.25) is 4.98 Å². The van der Waals surface area contributed by atoms with Crippen molar-refractivity contribution >= 4 is 11.6 Å². The van der Waals surface area contributed by atoms with Gasteiger partial charge in [-0.15, -0.1) is 0 Å². The monoisotopic (exact) mass is 243 g/mol. The first-order chi connectivity index (χ1) is 7.53. The maximum absolute atomic E-state index is 10.1. The molecule has 1 unspecified atom stereocenters. The molecule has 0 saturated carbocycles. The minimum absolute atomic E-state index is 0.347. The van der Waals surface area contributed by atoms with Gasteiger partial charge in [0.25, 0.3) is 0 Å². The zero-order valence-corrected chi connectivity index (χ0v) is 10.4. The molecule has 1 rings (SSSR count). The van der Waals surface area contributed by atoms with Gasteiger partial charge in [0.1, 0.15) is 0 Å². The van der Waals surface area contributed by atoms with E-state index in [0.717, 1.165) is 5.56 Å². The molecule has 0 saturated heterocycles. The molecule has 4 heteroatoms. The average Bonchev–Trinajstić information content (AvgIpc) is 2.31. The third-order valence-electron chi connectivity index (χ3n) is 3.11. The van der Waals surface area contributed by atoms with Crippen LogP contribution in [-0.4, -0.2) is 26.9 Å². The summed E-state index contributed by atoms with van der Waals surface area (Å²) in [6, 6.07) is 1.76. The molecule has 0 aliphatic carbocycles. The van der Waals surface area contributed by atoms with Gasteiger partial charge in [0, 0.05) is 18.8 Å². The van der Waals surface area contributed by atoms with Crippen molar-refractivity contribution in [2.45, 2.75) is 44.8 Å². The first kappa shape index (κ1) is 13.4. The van der Waals surface area contributed by atoms with E-state index in [2.05, 4.69) is 4.98 Å². The van der Waals surface area contributed by atoms with Gasteiger partial charge in [0.05, 0.1) is 16.7 Å². The first-order valence-electron chi connectivity index (χ1n) is 5.52. The van der Waals surface area contributed by atoms with Gasteiger partial charge in [-0.05, 0) is 24.5 Å². The molecule has 1 heterocycles. The van der Waals surface area contributed by atoms with Crippen molar-refractivity contribution in [3.63, 3.8) is 0 Å². The van der Waals surface area contributed by atoms with Crippen molar-refractivity contribution in [1.82, 2.24) is 4.98 Å². The van der Waals surface area contributed by atoms with Crippen molar-refractivity contribution in [3.05, 3.63) is 29.0 Å². The summed E-state index contributed by atoms with van der Waals surface area (Å²) >= 11 is 5.95. The summed E-state index contributed by atoms with van der Waals surface area (Å²) in [4.78, 5) is 3.88. The minimum atomic E-state index is -1.04. The summed E-state index contributed by atoms with van der Waals surface area (Å²) < 4.78 is 0. The lowest BCUT2D eigenvalue weighted by atomic mass is 9.87. The average molecular weight is 244 g/mol. The SMILES string of the molecule is CCC(O)(CC)C(O)Cc1ccncc1Cl. The topological polar surface area (TPSA) is 53.4 Å². The highest BCUT2D eigenvalue weighted by molar-refractivity contribution is 6.31. The third-order valence-corrected chi connectivity index (χ3v) is 3.45. The number of rotatable bonds is 5. The summed E-state index contributed by atoms with van der Waals surface area (Å²) in [5.74, 6) is 0. The second kappa shape index (κ2) is 5.62. The van der Waals surface area contributed by atoms with Crippen LogP contribution in [0.2, 0.25) is 5.02 Å². The normalized spacial score (nSPS) is 13.8. The Bertz CT molecular complexity index is 340. The Hall–Kier alpha value is -0.640. The van der Waals surface area contributed by atoms with E-state index in [-0.39, 0.29) is 0 Å². The van der Waals surface area contributed by atoms with E-state index in [1.165, 1.54) is 0 Å². The van der Waals surface area contributed by atoms with Crippen molar-refractivity contribution in [2.24, 2.45) is 0 Å². The molecule has 0 aliphatic rings. The van der Waals surface area contributed by atoms with E-state index in [1.807, 2.05) is 13.8 Å². The van der Waals surface area contributed by atoms with E-state index in [9.17, 15) is 10.2 Å². The quantitative estimate of drug-likeness (QED) is 0.834. The predicted octanol–water partition coefficient (Wildman–Crippen LogP) is 2.19. The largest absolute Gasteiger partial charge is 0.390 e. The van der Waals surface area contributed by atoms with Crippen LogP contribution in [0.1, 0.15) is 32.3 Å². The summed E-state index contributed by atoms with van der Waals surface area (Å²) in [7, 11) is 0. The number of pyridine rings is 1. The number of hydrogen-bond acceptors (Lipinski definition) is 3. The number of aromatic nitrogens is 1. The number of halogens is 1. The first-order valence-corrected chi connectivity index (χ1v) is 5.90. The molecule has 0 aliphatic heterocycles. The molecule has 0 bridgehead atoms. The lowest BCUT2D eigenvalue weighted by Gasteiger charge is -2.31. The molecule has 0 fully saturated rings. The summed E-state index contributed by atoms with van der Waals surface area (Å²) in [5.41, 5.74) is -0.225. The Balaban J connectivity index is 2.78. The molecule has 1 aromatic heterocycles. The van der Waals surface area contributed by atoms with Crippen molar-refractivity contribution < 1.29 is 10.2 Å². The second-order valence-electron chi connectivity index (χ2n) is 4.00. The fraction of sp³-hybridized carbons (Fsp3) is 0.583. The highest BCUT2D eigenvalue weighted by Crippen LogP contribution is 2.24. The van der Waals surface area contributed by atoms with Gasteiger partial charge < -0.3 is 10.2 Å². The van der Waals surface area contributed by atoms with Crippen LogP contribution in [0.15, 0.2) is 18.5 Å². The fourth-order valence-corrected chi connectivity index (χ4v) is 1.89. The minimum Gasteiger partial charge on any atom is -0.390 e. The fourth-order valence-electron chi connectivity index (χ4n) is 1.69. The summed E-state index contributed by atoms with van der Waals surface area (Å²) in [5, 5.41) is 20.7. The zero-order chi connectivity index (χ0) is 12.2. The molecule has 1 atom stereocenters. The number of hydrogen-bond donors (Lipinski definition) is 2. The van der Waals surface area contributed by atoms with Crippen LogP contribution in [0.3, 0.4) is 0 Å². The highest BCUT2D eigenvalue weighted by Gasteiger charge is 2.32. The molecule has 0 aromatic carbocycles. The van der Waals surface area contributed by atoms with E-state index in [0.29, 0.717) is 24.3 Å². The Labute approximate surface area is 101 Å². The van der Waals surface area contributed by atoms with Crippen LogP contribution in [0, 0.1) is 0 Å². The van der Waals surface area contributed by atoms with Crippen LogP contribution < -0.4 is 0 Å². The van der Waals surface area contributed by atoms with Crippen LogP contribution >= 0.6 is 11.6 Å². The summed E-state index contributed by atoms with van der Waals surface area (Å²) in [6.07, 6.45) is 3.76. The summed E-state index contributed by atoms with van der Waals surface area (Å²) in [6.45, 7) is 3.72. The third kappa shape index (κ3) is 2.94. The van der Waals surface area contributed by atoms with Crippen molar-refractivity contribution in [1.29, 1.82) is 0 Å². The van der Waals surface area contributed by atoms with Crippen LogP contribution in [0.25, 0.3) is 0 Å². The molecule has 90 valence electrons. The smallest absolute Gasteiger partial charge is 0.0903 e. The molecule has 16 heavy (non-hydrogen) atoms. The Kier molecular flexibility index (Phi) is 4.71. The van der Waals surface area contributed by atoms with Crippen LogP contribution in [-0.2, 0) is 6.42 Å². The van der Waals surface area contributed by atoms with Gasteiger partial charge in [-0.1, -0.05) is 25.4 Å². The van der Waals surface area contributed by atoms with Gasteiger partial charge >= 0.3 is 0 Å². The van der Waals surface area contributed by atoms with E-state index in [1.54, 1.807) is 18.5 Å². The van der Waals surface area contributed by atoms with Crippen molar-refractivity contribution in [2.75, 3.05) is 0 Å². The maximum Gasteiger partial charge on any atom is 0.0903 e. The Morgan fingerprint density at radius 1 is 1.44 bits per heavy atom. The Morgan fingerprint density at radius 2 is 2.06 bits per heavy atom. The number of aliphatic hydroxyl groups is 2. The number of aliphatic hydroxyl groups excluding tert-OH is 1. The molecule has 2 N–H and O–H groups in total. The lowest BCUT2D eigenvalue weighted by Crippen LogP contribution is -2.42. The predicted molar refractivity (Wildman–Crippen MR) is 64.5 cm³/mol. The molecular formula is C12H18ClNO2. The van der Waals surface area contributed by atoms with Gasteiger partial charge in [-0.2, -0.15) is 0 Å². The van der Waals surface area contributed by atoms with E-state index in [4.69, 9.17) is 11.6 Å². The lowest BCUT2D eigenvalue weighted by molar-refractivity contribution is -0.0790. The number of nitrogens with zero attached hydrogens (tertiary/aromatic N) is 1. The molecule has 1 aromatic rings. The van der Waals surface area contributed by atoms with Crippen molar-refractivity contribution in [3.8, 4) is 0 Å². The zero-order valence-electron chi connectivity index (χ0n) is 9.65. The molecule has 3 nitrogen and oxygen atoms in total. The molecule has 0 radical (unpaired) electrons. The molecule has 0 amide bonds. The second-order valence-corrected chi connectivity index (χ2v) is 4.40. The van der Waals surface area contributed by atoms with E-state index >= 15 is 0 Å². The van der Waals surface area contributed by atoms with Crippen LogP contribution in [0.5, 0.6) is 0 Å². The van der Waals surface area contributed by atoms with E-state index < -0.39 is 11.7 Å². The van der Waals surface area contributed by atoms with Crippen LogP contribution in [0.4, 0.5) is 0 Å². The maximum atomic E-state index is 10.1. The molecular weight excluding hydrogens is 226 g/mol.